The summed E-state index contributed by atoms with van der Waals surface area (Å²) in [5.74, 6) is 0.211. The molecule has 184 valence electrons. The second kappa shape index (κ2) is 12.8. The SMILES string of the molecule is CC[C@@H](C(=O)NC1CCCCC1)N(Cc1ccc(Cl)c(Cl)c1)C(=O)COc1ccc(Br)c(C)c1. The lowest BCUT2D eigenvalue weighted by molar-refractivity contribution is -0.143. The van der Waals surface area contributed by atoms with Crippen LogP contribution in [-0.4, -0.2) is 35.4 Å². The molecule has 0 unspecified atom stereocenters. The van der Waals surface area contributed by atoms with E-state index in [1.165, 1.54) is 6.42 Å². The molecule has 0 heterocycles. The number of carbonyl (C=O) groups is 2. The Balaban J connectivity index is 1.78. The number of amides is 2. The standard InChI is InChI=1S/C26H31BrCl2N2O3/c1-3-24(26(33)30-19-7-5-4-6-8-19)31(15-18-9-12-22(28)23(29)14-18)25(32)16-34-20-10-11-21(27)17(2)13-20/h9-14,19,24H,3-8,15-16H2,1-2H3,(H,30,33)/t24-/m0/s1. The van der Waals surface area contributed by atoms with Gasteiger partial charge in [-0.2, -0.15) is 0 Å². The van der Waals surface area contributed by atoms with E-state index in [0.29, 0.717) is 22.2 Å². The summed E-state index contributed by atoms with van der Waals surface area (Å²) in [4.78, 5) is 28.2. The van der Waals surface area contributed by atoms with Gasteiger partial charge in [-0.25, -0.2) is 0 Å². The predicted molar refractivity (Wildman–Crippen MR) is 140 cm³/mol. The molecule has 2 amide bonds. The van der Waals surface area contributed by atoms with Crippen LogP contribution in [0.2, 0.25) is 10.0 Å². The zero-order valence-electron chi connectivity index (χ0n) is 19.6. The van der Waals surface area contributed by atoms with Crippen molar-refractivity contribution in [1.29, 1.82) is 0 Å². The Bertz CT molecular complexity index is 1010. The fraction of sp³-hybridized carbons (Fsp3) is 0.462. The summed E-state index contributed by atoms with van der Waals surface area (Å²) < 4.78 is 6.77. The number of aryl methyl sites for hydroxylation is 1. The Kier molecular flexibility index (Phi) is 10.1. The maximum Gasteiger partial charge on any atom is 0.261 e. The highest BCUT2D eigenvalue weighted by molar-refractivity contribution is 9.10. The summed E-state index contributed by atoms with van der Waals surface area (Å²) in [6.45, 7) is 3.93. The van der Waals surface area contributed by atoms with Gasteiger partial charge in [0, 0.05) is 17.1 Å². The van der Waals surface area contributed by atoms with E-state index in [1.807, 2.05) is 32.0 Å². The zero-order chi connectivity index (χ0) is 24.7. The van der Waals surface area contributed by atoms with E-state index in [-0.39, 0.29) is 31.0 Å². The molecule has 1 fully saturated rings. The molecule has 34 heavy (non-hydrogen) atoms. The number of rotatable bonds is 9. The van der Waals surface area contributed by atoms with Crippen LogP contribution in [-0.2, 0) is 16.1 Å². The summed E-state index contributed by atoms with van der Waals surface area (Å²) >= 11 is 15.7. The fourth-order valence-corrected chi connectivity index (χ4v) is 4.80. The number of carbonyl (C=O) groups excluding carboxylic acids is 2. The Morgan fingerprint density at radius 2 is 1.85 bits per heavy atom. The first-order chi connectivity index (χ1) is 16.3. The minimum atomic E-state index is -0.612. The van der Waals surface area contributed by atoms with Crippen LogP contribution in [0, 0.1) is 6.92 Å². The molecule has 1 aliphatic carbocycles. The molecule has 0 aliphatic heterocycles. The summed E-state index contributed by atoms with van der Waals surface area (Å²) in [6.07, 6.45) is 5.90. The van der Waals surface area contributed by atoms with Crippen molar-refractivity contribution in [2.45, 2.75) is 71.0 Å². The minimum Gasteiger partial charge on any atom is -0.484 e. The highest BCUT2D eigenvalue weighted by Gasteiger charge is 2.30. The first-order valence-corrected chi connectivity index (χ1v) is 13.3. The number of benzene rings is 2. The first-order valence-electron chi connectivity index (χ1n) is 11.7. The molecule has 0 spiro atoms. The Morgan fingerprint density at radius 3 is 2.50 bits per heavy atom. The van der Waals surface area contributed by atoms with Crippen molar-refractivity contribution in [3.05, 3.63) is 62.0 Å². The van der Waals surface area contributed by atoms with Gasteiger partial charge in [-0.3, -0.25) is 9.59 Å². The molecular weight excluding hydrogens is 539 g/mol. The average molecular weight is 570 g/mol. The van der Waals surface area contributed by atoms with Gasteiger partial charge in [0.15, 0.2) is 6.61 Å². The number of ether oxygens (including phenoxy) is 1. The van der Waals surface area contributed by atoms with Crippen molar-refractivity contribution in [2.75, 3.05) is 6.61 Å². The number of hydrogen-bond donors (Lipinski definition) is 1. The molecule has 1 saturated carbocycles. The highest BCUT2D eigenvalue weighted by atomic mass is 79.9. The van der Waals surface area contributed by atoms with Crippen LogP contribution in [0.5, 0.6) is 5.75 Å². The van der Waals surface area contributed by atoms with Gasteiger partial charge in [-0.15, -0.1) is 0 Å². The minimum absolute atomic E-state index is 0.123. The smallest absolute Gasteiger partial charge is 0.261 e. The molecule has 8 heteroatoms. The fourth-order valence-electron chi connectivity index (χ4n) is 4.23. The normalized spacial score (nSPS) is 15.0. The van der Waals surface area contributed by atoms with Crippen molar-refractivity contribution in [2.24, 2.45) is 0 Å². The van der Waals surface area contributed by atoms with Crippen molar-refractivity contribution >= 4 is 50.9 Å². The molecule has 5 nitrogen and oxygen atoms in total. The van der Waals surface area contributed by atoms with Crippen LogP contribution in [0.15, 0.2) is 40.9 Å². The molecule has 1 atom stereocenters. The Hall–Kier alpha value is -1.76. The van der Waals surface area contributed by atoms with Gasteiger partial charge in [-0.05, 0) is 67.6 Å². The van der Waals surface area contributed by atoms with Gasteiger partial charge >= 0.3 is 0 Å². The predicted octanol–water partition coefficient (Wildman–Crippen LogP) is 6.70. The van der Waals surface area contributed by atoms with Crippen LogP contribution in [0.4, 0.5) is 0 Å². The quantitative estimate of drug-likeness (QED) is 0.365. The molecule has 2 aromatic carbocycles. The number of nitrogens with one attached hydrogen (secondary N) is 1. The van der Waals surface area contributed by atoms with Crippen LogP contribution in [0.1, 0.15) is 56.6 Å². The zero-order valence-corrected chi connectivity index (χ0v) is 22.7. The summed E-state index contributed by atoms with van der Waals surface area (Å²) in [5, 5.41) is 4.03. The molecule has 1 N–H and O–H groups in total. The molecule has 0 aromatic heterocycles. The van der Waals surface area contributed by atoms with Gasteiger partial charge in [0.05, 0.1) is 10.0 Å². The van der Waals surface area contributed by atoms with Gasteiger partial charge < -0.3 is 15.0 Å². The lowest BCUT2D eigenvalue weighted by atomic mass is 9.95. The third kappa shape index (κ3) is 7.37. The van der Waals surface area contributed by atoms with E-state index in [0.717, 1.165) is 41.3 Å². The van der Waals surface area contributed by atoms with Crippen molar-refractivity contribution in [3.8, 4) is 5.75 Å². The number of hydrogen-bond acceptors (Lipinski definition) is 3. The van der Waals surface area contributed by atoms with E-state index >= 15 is 0 Å². The second-order valence-corrected chi connectivity index (χ2v) is 10.4. The average Bonchev–Trinajstić information content (AvgIpc) is 2.82. The van der Waals surface area contributed by atoms with Crippen molar-refractivity contribution in [3.63, 3.8) is 0 Å². The highest BCUT2D eigenvalue weighted by Crippen LogP contribution is 2.25. The Labute approximate surface area is 220 Å². The first kappa shape index (κ1) is 26.8. The van der Waals surface area contributed by atoms with Crippen LogP contribution >= 0.6 is 39.1 Å². The summed E-state index contributed by atoms with van der Waals surface area (Å²) in [6, 6.07) is 10.4. The number of halogens is 3. The van der Waals surface area contributed by atoms with Gasteiger partial charge in [0.2, 0.25) is 5.91 Å². The van der Waals surface area contributed by atoms with E-state index in [1.54, 1.807) is 23.1 Å². The van der Waals surface area contributed by atoms with Crippen molar-refractivity contribution < 1.29 is 14.3 Å². The van der Waals surface area contributed by atoms with Crippen LogP contribution in [0.3, 0.4) is 0 Å². The molecule has 3 rings (SSSR count). The third-order valence-electron chi connectivity index (χ3n) is 6.17. The maximum atomic E-state index is 13.4. The molecule has 0 saturated heterocycles. The molecule has 1 aliphatic rings. The lowest BCUT2D eigenvalue weighted by Gasteiger charge is -2.32. The molecule has 2 aromatic rings. The summed E-state index contributed by atoms with van der Waals surface area (Å²) in [7, 11) is 0. The lowest BCUT2D eigenvalue weighted by Crippen LogP contribution is -2.52. The van der Waals surface area contributed by atoms with E-state index < -0.39 is 6.04 Å². The molecule has 0 bridgehead atoms. The maximum absolute atomic E-state index is 13.4. The third-order valence-corrected chi connectivity index (χ3v) is 7.79. The van der Waals surface area contributed by atoms with Gasteiger partial charge in [0.1, 0.15) is 11.8 Å². The monoisotopic (exact) mass is 568 g/mol. The molecule has 0 radical (unpaired) electrons. The Morgan fingerprint density at radius 1 is 1.12 bits per heavy atom. The van der Waals surface area contributed by atoms with E-state index in [4.69, 9.17) is 27.9 Å². The van der Waals surface area contributed by atoms with Crippen LogP contribution in [0.25, 0.3) is 0 Å². The van der Waals surface area contributed by atoms with E-state index in [9.17, 15) is 9.59 Å². The largest absolute Gasteiger partial charge is 0.484 e. The van der Waals surface area contributed by atoms with Gasteiger partial charge in [-0.1, -0.05) is 71.4 Å². The van der Waals surface area contributed by atoms with Crippen LogP contribution < -0.4 is 10.1 Å². The number of nitrogens with zero attached hydrogens (tertiary/aromatic N) is 1. The molecular formula is C26H31BrCl2N2O3. The second-order valence-electron chi connectivity index (χ2n) is 8.74. The summed E-state index contributed by atoms with van der Waals surface area (Å²) in [5.41, 5.74) is 1.81. The topological polar surface area (TPSA) is 58.6 Å². The van der Waals surface area contributed by atoms with E-state index in [2.05, 4.69) is 21.2 Å². The van der Waals surface area contributed by atoms with Gasteiger partial charge in [0.25, 0.3) is 5.91 Å². The van der Waals surface area contributed by atoms with Crippen molar-refractivity contribution in [1.82, 2.24) is 10.2 Å².